The maximum absolute atomic E-state index is 9.12. The van der Waals surface area contributed by atoms with E-state index in [2.05, 4.69) is 11.4 Å². The van der Waals surface area contributed by atoms with Crippen molar-refractivity contribution in [1.29, 1.82) is 5.26 Å². The molecule has 6 heteroatoms. The van der Waals surface area contributed by atoms with Crippen LogP contribution in [-0.2, 0) is 14.2 Å². The minimum absolute atomic E-state index is 0.0501. The predicted octanol–water partition coefficient (Wildman–Crippen LogP) is 2.55. The van der Waals surface area contributed by atoms with Gasteiger partial charge in [-0.3, -0.25) is 0 Å². The molecular formula is C15H17ClN2O3. The van der Waals surface area contributed by atoms with Gasteiger partial charge in [0.1, 0.15) is 12.2 Å². The van der Waals surface area contributed by atoms with Gasteiger partial charge in [0.2, 0.25) is 0 Å². The molecule has 2 aliphatic heterocycles. The first-order chi connectivity index (χ1) is 10.2. The summed E-state index contributed by atoms with van der Waals surface area (Å²) in [4.78, 5) is 0. The van der Waals surface area contributed by atoms with E-state index < -0.39 is 5.79 Å². The Morgan fingerprint density at radius 2 is 2.19 bits per heavy atom. The number of benzene rings is 1. The van der Waals surface area contributed by atoms with E-state index >= 15 is 0 Å². The van der Waals surface area contributed by atoms with E-state index in [9.17, 15) is 0 Å². The number of nitriles is 1. The molecule has 21 heavy (non-hydrogen) atoms. The van der Waals surface area contributed by atoms with Crippen LogP contribution in [0.5, 0.6) is 0 Å². The normalized spacial score (nSPS) is 23.9. The third-order valence-corrected chi connectivity index (χ3v) is 4.12. The van der Waals surface area contributed by atoms with Crippen LogP contribution in [0.15, 0.2) is 18.2 Å². The molecule has 2 aliphatic rings. The van der Waals surface area contributed by atoms with Gasteiger partial charge in [0, 0.05) is 19.4 Å². The standard InChI is InChI=1S/C15H17ClN2O3/c16-13-3-1-2-11(8-17)14(13)18-9-12-10-20-15(21-12)4-6-19-7-5-15/h1-3,12,18H,4-7,9-10H2/t12-/m0/s1. The van der Waals surface area contributed by atoms with Crippen LogP contribution in [0.4, 0.5) is 5.69 Å². The SMILES string of the molecule is N#Cc1cccc(Cl)c1NC[C@H]1COC2(CCOCC2)O1. The highest BCUT2D eigenvalue weighted by Crippen LogP contribution is 2.33. The molecule has 0 bridgehead atoms. The molecule has 2 heterocycles. The Morgan fingerprint density at radius 3 is 2.95 bits per heavy atom. The lowest BCUT2D eigenvalue weighted by Gasteiger charge is -2.31. The van der Waals surface area contributed by atoms with Crippen LogP contribution in [0, 0.1) is 11.3 Å². The predicted molar refractivity (Wildman–Crippen MR) is 78.3 cm³/mol. The van der Waals surface area contributed by atoms with E-state index in [0.29, 0.717) is 42.6 Å². The fourth-order valence-electron chi connectivity index (χ4n) is 2.67. The minimum Gasteiger partial charge on any atom is -0.381 e. The molecule has 0 saturated carbocycles. The van der Waals surface area contributed by atoms with Crippen LogP contribution in [-0.4, -0.2) is 38.3 Å². The number of nitrogens with one attached hydrogen (secondary N) is 1. The summed E-state index contributed by atoms with van der Waals surface area (Å²) in [5, 5.41) is 12.9. The van der Waals surface area contributed by atoms with Gasteiger partial charge < -0.3 is 19.5 Å². The van der Waals surface area contributed by atoms with Crippen molar-refractivity contribution in [2.45, 2.75) is 24.7 Å². The Labute approximate surface area is 128 Å². The van der Waals surface area contributed by atoms with E-state index in [-0.39, 0.29) is 6.10 Å². The van der Waals surface area contributed by atoms with Crippen LogP contribution in [0.1, 0.15) is 18.4 Å². The third-order valence-electron chi connectivity index (χ3n) is 3.81. The molecule has 0 aromatic heterocycles. The number of rotatable bonds is 3. The summed E-state index contributed by atoms with van der Waals surface area (Å²) < 4.78 is 17.2. The zero-order chi connectivity index (χ0) is 14.7. The molecule has 2 fully saturated rings. The topological polar surface area (TPSA) is 63.5 Å². The Bertz CT molecular complexity index is 552. The Kier molecular flexibility index (Phi) is 4.32. The van der Waals surface area contributed by atoms with E-state index in [0.717, 1.165) is 12.8 Å². The van der Waals surface area contributed by atoms with Crippen molar-refractivity contribution in [2.75, 3.05) is 31.7 Å². The molecule has 0 unspecified atom stereocenters. The highest BCUT2D eigenvalue weighted by Gasteiger charge is 2.42. The molecule has 5 nitrogen and oxygen atoms in total. The molecule has 2 saturated heterocycles. The second-order valence-electron chi connectivity index (χ2n) is 5.23. The number of nitrogens with zero attached hydrogens (tertiary/aromatic N) is 1. The fourth-order valence-corrected chi connectivity index (χ4v) is 2.92. The quantitative estimate of drug-likeness (QED) is 0.929. The zero-order valence-electron chi connectivity index (χ0n) is 11.6. The van der Waals surface area contributed by atoms with Crippen molar-refractivity contribution in [1.82, 2.24) is 0 Å². The average molecular weight is 309 g/mol. The molecule has 0 amide bonds. The van der Waals surface area contributed by atoms with Crippen molar-refractivity contribution in [2.24, 2.45) is 0 Å². The van der Waals surface area contributed by atoms with Gasteiger partial charge in [0.05, 0.1) is 36.1 Å². The fraction of sp³-hybridized carbons (Fsp3) is 0.533. The first kappa shape index (κ1) is 14.6. The summed E-state index contributed by atoms with van der Waals surface area (Å²) in [5.74, 6) is -0.483. The number of hydrogen-bond donors (Lipinski definition) is 1. The van der Waals surface area contributed by atoms with Crippen LogP contribution in [0.2, 0.25) is 5.02 Å². The maximum atomic E-state index is 9.12. The first-order valence-electron chi connectivity index (χ1n) is 7.04. The summed E-state index contributed by atoms with van der Waals surface area (Å²) >= 11 is 6.13. The first-order valence-corrected chi connectivity index (χ1v) is 7.42. The van der Waals surface area contributed by atoms with E-state index in [1.165, 1.54) is 0 Å². The summed E-state index contributed by atoms with van der Waals surface area (Å²) in [6, 6.07) is 7.39. The lowest BCUT2D eigenvalue weighted by Crippen LogP contribution is -2.38. The summed E-state index contributed by atoms with van der Waals surface area (Å²) in [5.41, 5.74) is 1.18. The Hall–Kier alpha value is -1.32. The van der Waals surface area contributed by atoms with Crippen LogP contribution in [0.3, 0.4) is 0 Å². The van der Waals surface area contributed by atoms with E-state index in [1.54, 1.807) is 18.2 Å². The van der Waals surface area contributed by atoms with Gasteiger partial charge in [-0.05, 0) is 12.1 Å². The number of ether oxygens (including phenoxy) is 3. The maximum Gasteiger partial charge on any atom is 0.173 e. The minimum atomic E-state index is -0.483. The second kappa shape index (κ2) is 6.20. The molecule has 1 aromatic rings. The average Bonchev–Trinajstić information content (AvgIpc) is 2.89. The van der Waals surface area contributed by atoms with Crippen LogP contribution in [0.25, 0.3) is 0 Å². The zero-order valence-corrected chi connectivity index (χ0v) is 12.4. The molecule has 0 aliphatic carbocycles. The van der Waals surface area contributed by atoms with Gasteiger partial charge in [-0.15, -0.1) is 0 Å². The molecule has 0 radical (unpaired) electrons. The highest BCUT2D eigenvalue weighted by atomic mass is 35.5. The molecule has 1 atom stereocenters. The Balaban J connectivity index is 1.61. The van der Waals surface area contributed by atoms with Gasteiger partial charge in [-0.2, -0.15) is 5.26 Å². The largest absolute Gasteiger partial charge is 0.381 e. The van der Waals surface area contributed by atoms with E-state index in [4.69, 9.17) is 31.1 Å². The number of anilines is 1. The second-order valence-corrected chi connectivity index (χ2v) is 5.64. The highest BCUT2D eigenvalue weighted by molar-refractivity contribution is 6.33. The lowest BCUT2D eigenvalue weighted by atomic mass is 10.1. The van der Waals surface area contributed by atoms with Crippen molar-refractivity contribution in [3.05, 3.63) is 28.8 Å². The van der Waals surface area contributed by atoms with Gasteiger partial charge >= 0.3 is 0 Å². The molecule has 3 rings (SSSR count). The number of halogens is 1. The summed E-state index contributed by atoms with van der Waals surface area (Å²) in [6.07, 6.45) is 1.48. The molecular weight excluding hydrogens is 292 g/mol. The van der Waals surface area contributed by atoms with Crippen LogP contribution < -0.4 is 5.32 Å². The molecule has 1 spiro atoms. The Morgan fingerprint density at radius 1 is 1.38 bits per heavy atom. The van der Waals surface area contributed by atoms with Crippen molar-refractivity contribution in [3.63, 3.8) is 0 Å². The lowest BCUT2D eigenvalue weighted by molar-refractivity contribution is -0.209. The van der Waals surface area contributed by atoms with E-state index in [1.807, 2.05) is 0 Å². The molecule has 112 valence electrons. The van der Waals surface area contributed by atoms with Crippen LogP contribution >= 0.6 is 11.6 Å². The monoisotopic (exact) mass is 308 g/mol. The van der Waals surface area contributed by atoms with Crippen molar-refractivity contribution in [3.8, 4) is 6.07 Å². The van der Waals surface area contributed by atoms with Gasteiger partial charge in [0.25, 0.3) is 0 Å². The van der Waals surface area contributed by atoms with Gasteiger partial charge in [-0.25, -0.2) is 0 Å². The van der Waals surface area contributed by atoms with Gasteiger partial charge in [0.15, 0.2) is 5.79 Å². The van der Waals surface area contributed by atoms with Crippen molar-refractivity contribution < 1.29 is 14.2 Å². The molecule has 1 aromatic carbocycles. The molecule has 1 N–H and O–H groups in total. The third kappa shape index (κ3) is 3.14. The van der Waals surface area contributed by atoms with Gasteiger partial charge in [-0.1, -0.05) is 17.7 Å². The summed E-state index contributed by atoms with van der Waals surface area (Å²) in [7, 11) is 0. The summed E-state index contributed by atoms with van der Waals surface area (Å²) in [6.45, 7) is 2.44. The van der Waals surface area contributed by atoms with Crippen molar-refractivity contribution >= 4 is 17.3 Å². The number of para-hydroxylation sites is 1. The smallest absolute Gasteiger partial charge is 0.173 e. The number of hydrogen-bond acceptors (Lipinski definition) is 5.